The molecule has 1 unspecified atom stereocenters. The molecule has 27 heavy (non-hydrogen) atoms. The van der Waals surface area contributed by atoms with Gasteiger partial charge in [0.2, 0.25) is 0 Å². The van der Waals surface area contributed by atoms with Crippen LogP contribution in [0.4, 0.5) is 11.4 Å². The van der Waals surface area contributed by atoms with Crippen molar-refractivity contribution < 1.29 is 9.59 Å². The summed E-state index contributed by atoms with van der Waals surface area (Å²) in [7, 11) is 5.57. The lowest BCUT2D eigenvalue weighted by Crippen LogP contribution is -2.35. The van der Waals surface area contributed by atoms with Crippen LogP contribution in [0.5, 0.6) is 0 Å². The van der Waals surface area contributed by atoms with Gasteiger partial charge >= 0.3 is 0 Å². The zero-order valence-electron chi connectivity index (χ0n) is 16.6. The molecule has 150 valence electrons. The average Bonchev–Trinajstić information content (AvgIpc) is 2.69. The molecule has 1 aliphatic rings. The van der Waals surface area contributed by atoms with Crippen LogP contribution in [0.1, 0.15) is 31.2 Å². The molecule has 1 fully saturated rings. The van der Waals surface area contributed by atoms with Gasteiger partial charge in [-0.2, -0.15) is 0 Å². The standard InChI is InChI=1S/C18H26N4O2.C2H7N/c1-20-18-15(17(19)13(12-24)4-3-11-23)5-2-6-16(18)22-14-7-9-21-10-8-14;1-3-2/h2,5-6,11-14,19-22H,3-4,7-10H2,1H3;3H,1-2H3. The van der Waals surface area contributed by atoms with E-state index in [2.05, 4.69) is 21.3 Å². The first kappa shape index (κ1) is 22.8. The Kier molecular flexibility index (Phi) is 11.0. The molecule has 7 heteroatoms. The first-order valence-corrected chi connectivity index (χ1v) is 9.47. The van der Waals surface area contributed by atoms with E-state index in [4.69, 9.17) is 5.41 Å². The Balaban J connectivity index is 0.00000114. The highest BCUT2D eigenvalue weighted by molar-refractivity contribution is 6.11. The molecule has 7 nitrogen and oxygen atoms in total. The number of nitrogens with one attached hydrogen (secondary N) is 5. The minimum Gasteiger partial charge on any atom is -0.386 e. The number of hydrogen-bond donors (Lipinski definition) is 5. The summed E-state index contributed by atoms with van der Waals surface area (Å²) in [6.07, 6.45) is 4.33. The number of rotatable bonds is 9. The fourth-order valence-electron chi connectivity index (χ4n) is 3.08. The van der Waals surface area contributed by atoms with Gasteiger partial charge in [-0.25, -0.2) is 0 Å². The Labute approximate surface area is 162 Å². The van der Waals surface area contributed by atoms with Crippen molar-refractivity contribution in [2.45, 2.75) is 31.7 Å². The first-order chi connectivity index (χ1) is 13.1. The molecular weight excluding hydrogens is 342 g/mol. The second-order valence-electron chi connectivity index (χ2n) is 6.55. The summed E-state index contributed by atoms with van der Waals surface area (Å²) in [5.41, 5.74) is 2.75. The third-order valence-corrected chi connectivity index (χ3v) is 4.43. The van der Waals surface area contributed by atoms with E-state index in [0.29, 0.717) is 18.0 Å². The summed E-state index contributed by atoms with van der Waals surface area (Å²) in [6, 6.07) is 6.14. The van der Waals surface area contributed by atoms with E-state index in [1.807, 2.05) is 39.3 Å². The number of benzene rings is 1. The smallest absolute Gasteiger partial charge is 0.129 e. The Morgan fingerprint density at radius 3 is 2.48 bits per heavy atom. The van der Waals surface area contributed by atoms with Crippen molar-refractivity contribution in [1.29, 1.82) is 5.41 Å². The molecule has 1 atom stereocenters. The summed E-state index contributed by atoms with van der Waals surface area (Å²) in [6.45, 7) is 2.00. The number of anilines is 2. The molecule has 1 aromatic rings. The van der Waals surface area contributed by atoms with Crippen LogP contribution in [0.3, 0.4) is 0 Å². The van der Waals surface area contributed by atoms with E-state index in [1.165, 1.54) is 0 Å². The Hall–Kier alpha value is -2.25. The average molecular weight is 376 g/mol. The topological polar surface area (TPSA) is 106 Å². The van der Waals surface area contributed by atoms with Crippen LogP contribution in [0, 0.1) is 11.3 Å². The predicted octanol–water partition coefficient (Wildman–Crippen LogP) is 1.89. The third-order valence-electron chi connectivity index (χ3n) is 4.43. The highest BCUT2D eigenvalue weighted by atomic mass is 16.1. The van der Waals surface area contributed by atoms with Gasteiger partial charge in [0.15, 0.2) is 0 Å². The number of carbonyl (C=O) groups excluding carboxylic acids is 2. The van der Waals surface area contributed by atoms with E-state index in [-0.39, 0.29) is 12.1 Å². The normalized spacial score (nSPS) is 15.1. The first-order valence-electron chi connectivity index (χ1n) is 9.47. The van der Waals surface area contributed by atoms with Crippen molar-refractivity contribution in [3.63, 3.8) is 0 Å². The van der Waals surface area contributed by atoms with Gasteiger partial charge in [-0.15, -0.1) is 0 Å². The Morgan fingerprint density at radius 1 is 1.26 bits per heavy atom. The quantitative estimate of drug-likeness (QED) is 0.333. The van der Waals surface area contributed by atoms with Gasteiger partial charge in [0, 0.05) is 25.1 Å². The SMILES string of the molecule is CNC.CNc1c(NC2CCNCC2)cccc1C(=N)C(C=O)CCC=O. The minimum absolute atomic E-state index is 0.255. The number of para-hydroxylation sites is 1. The van der Waals surface area contributed by atoms with Crippen molar-refractivity contribution in [2.75, 3.05) is 44.9 Å². The van der Waals surface area contributed by atoms with E-state index in [9.17, 15) is 9.59 Å². The van der Waals surface area contributed by atoms with Crippen LogP contribution in [0.2, 0.25) is 0 Å². The zero-order valence-corrected chi connectivity index (χ0v) is 16.6. The molecule has 0 aromatic heterocycles. The van der Waals surface area contributed by atoms with Crippen molar-refractivity contribution >= 4 is 29.7 Å². The largest absolute Gasteiger partial charge is 0.386 e. The summed E-state index contributed by atoms with van der Waals surface area (Å²) in [4.78, 5) is 21.9. The maximum Gasteiger partial charge on any atom is 0.129 e. The van der Waals surface area contributed by atoms with Gasteiger partial charge in [0.1, 0.15) is 12.6 Å². The van der Waals surface area contributed by atoms with Crippen LogP contribution in [-0.4, -0.2) is 58.6 Å². The van der Waals surface area contributed by atoms with Crippen LogP contribution >= 0.6 is 0 Å². The Bertz CT molecular complexity index is 600. The summed E-state index contributed by atoms with van der Waals surface area (Å²) < 4.78 is 0. The lowest BCUT2D eigenvalue weighted by molar-refractivity contribution is -0.110. The number of aldehydes is 2. The lowest BCUT2D eigenvalue weighted by Gasteiger charge is -2.27. The molecule has 0 spiro atoms. The number of piperidine rings is 1. The summed E-state index contributed by atoms with van der Waals surface area (Å²) in [5.74, 6) is -0.559. The van der Waals surface area contributed by atoms with Crippen molar-refractivity contribution in [3.05, 3.63) is 23.8 Å². The van der Waals surface area contributed by atoms with Gasteiger partial charge in [0.05, 0.1) is 23.0 Å². The molecule has 0 bridgehead atoms. The predicted molar refractivity (Wildman–Crippen MR) is 112 cm³/mol. The molecule has 1 aliphatic heterocycles. The lowest BCUT2D eigenvalue weighted by atomic mass is 9.92. The summed E-state index contributed by atoms with van der Waals surface area (Å²) in [5, 5.41) is 21.2. The maximum absolute atomic E-state index is 11.3. The van der Waals surface area contributed by atoms with Gasteiger partial charge < -0.3 is 36.3 Å². The van der Waals surface area contributed by atoms with Crippen LogP contribution in [-0.2, 0) is 9.59 Å². The van der Waals surface area contributed by atoms with Crippen molar-refractivity contribution in [1.82, 2.24) is 10.6 Å². The van der Waals surface area contributed by atoms with Gasteiger partial charge in [0.25, 0.3) is 0 Å². The fraction of sp³-hybridized carbons (Fsp3) is 0.550. The maximum atomic E-state index is 11.3. The monoisotopic (exact) mass is 375 g/mol. The van der Waals surface area contributed by atoms with Crippen LogP contribution in [0.25, 0.3) is 0 Å². The number of hydrogen-bond acceptors (Lipinski definition) is 7. The second kappa shape index (κ2) is 13.0. The highest BCUT2D eigenvalue weighted by Crippen LogP contribution is 2.29. The highest BCUT2D eigenvalue weighted by Gasteiger charge is 2.21. The van der Waals surface area contributed by atoms with Crippen molar-refractivity contribution in [2.24, 2.45) is 5.92 Å². The van der Waals surface area contributed by atoms with Crippen LogP contribution in [0.15, 0.2) is 18.2 Å². The fourth-order valence-corrected chi connectivity index (χ4v) is 3.08. The molecular formula is C20H33N5O2. The molecule has 0 radical (unpaired) electrons. The van der Waals surface area contributed by atoms with E-state index in [0.717, 1.165) is 49.9 Å². The molecule has 2 rings (SSSR count). The molecule has 1 heterocycles. The molecule has 1 aromatic carbocycles. The number of carbonyl (C=O) groups is 2. The van der Waals surface area contributed by atoms with Crippen LogP contribution < -0.4 is 21.3 Å². The zero-order chi connectivity index (χ0) is 20.1. The van der Waals surface area contributed by atoms with Gasteiger partial charge in [-0.1, -0.05) is 12.1 Å². The van der Waals surface area contributed by atoms with E-state index >= 15 is 0 Å². The summed E-state index contributed by atoms with van der Waals surface area (Å²) >= 11 is 0. The van der Waals surface area contributed by atoms with Gasteiger partial charge in [-0.3, -0.25) is 0 Å². The van der Waals surface area contributed by atoms with Gasteiger partial charge in [-0.05, 0) is 52.5 Å². The molecule has 0 amide bonds. The molecule has 1 saturated heterocycles. The van der Waals surface area contributed by atoms with Crippen molar-refractivity contribution in [3.8, 4) is 0 Å². The second-order valence-corrected chi connectivity index (χ2v) is 6.55. The Morgan fingerprint density at radius 2 is 1.93 bits per heavy atom. The van der Waals surface area contributed by atoms with E-state index < -0.39 is 5.92 Å². The molecule has 0 saturated carbocycles. The molecule has 5 N–H and O–H groups in total. The third kappa shape index (κ3) is 7.11. The van der Waals surface area contributed by atoms with E-state index in [1.54, 1.807) is 0 Å². The molecule has 0 aliphatic carbocycles. The minimum atomic E-state index is -0.559.